The zero-order chi connectivity index (χ0) is 15.1. The van der Waals surface area contributed by atoms with Gasteiger partial charge in [0, 0.05) is 19.6 Å². The SMILES string of the molecule is N#C/C(C(=O)NCc1ccccc1)=C(/N)N1CCOCC1. The number of nitrogens with zero attached hydrogens (tertiary/aromatic N) is 2. The predicted molar refractivity (Wildman–Crippen MR) is 77.5 cm³/mol. The Morgan fingerprint density at radius 2 is 2.00 bits per heavy atom. The first-order valence-electron chi connectivity index (χ1n) is 6.77. The molecule has 0 atom stereocenters. The third kappa shape index (κ3) is 3.97. The molecule has 0 saturated carbocycles. The van der Waals surface area contributed by atoms with Gasteiger partial charge in [0.15, 0.2) is 5.57 Å². The van der Waals surface area contributed by atoms with E-state index in [1.54, 1.807) is 4.90 Å². The van der Waals surface area contributed by atoms with E-state index < -0.39 is 5.91 Å². The molecule has 0 spiro atoms. The molecular weight excluding hydrogens is 268 g/mol. The van der Waals surface area contributed by atoms with E-state index in [0.29, 0.717) is 32.8 Å². The molecule has 0 aliphatic carbocycles. The summed E-state index contributed by atoms with van der Waals surface area (Å²) in [5, 5.41) is 11.9. The lowest BCUT2D eigenvalue weighted by molar-refractivity contribution is -0.117. The summed E-state index contributed by atoms with van der Waals surface area (Å²) in [6.45, 7) is 2.63. The maximum Gasteiger partial charge on any atom is 0.265 e. The Morgan fingerprint density at radius 3 is 2.62 bits per heavy atom. The highest BCUT2D eigenvalue weighted by Gasteiger charge is 2.19. The van der Waals surface area contributed by atoms with E-state index in [0.717, 1.165) is 5.56 Å². The fourth-order valence-corrected chi connectivity index (χ4v) is 2.05. The van der Waals surface area contributed by atoms with Crippen LogP contribution in [0.15, 0.2) is 41.7 Å². The number of carbonyl (C=O) groups is 1. The number of nitrogens with one attached hydrogen (secondary N) is 1. The molecule has 0 bridgehead atoms. The Bertz CT molecular complexity index is 557. The fraction of sp³-hybridized carbons (Fsp3) is 0.333. The molecule has 110 valence electrons. The molecule has 1 aliphatic rings. The largest absolute Gasteiger partial charge is 0.384 e. The van der Waals surface area contributed by atoms with Crippen molar-refractivity contribution in [3.8, 4) is 6.07 Å². The van der Waals surface area contributed by atoms with Gasteiger partial charge in [0.2, 0.25) is 0 Å². The molecule has 1 amide bonds. The summed E-state index contributed by atoms with van der Waals surface area (Å²) >= 11 is 0. The van der Waals surface area contributed by atoms with Gasteiger partial charge in [-0.05, 0) is 5.56 Å². The van der Waals surface area contributed by atoms with E-state index in [4.69, 9.17) is 10.5 Å². The maximum atomic E-state index is 12.1. The van der Waals surface area contributed by atoms with E-state index in [9.17, 15) is 10.1 Å². The van der Waals surface area contributed by atoms with E-state index in [1.165, 1.54) is 0 Å². The Hall–Kier alpha value is -2.52. The summed E-state index contributed by atoms with van der Waals surface area (Å²) in [7, 11) is 0. The normalized spacial score (nSPS) is 15.9. The summed E-state index contributed by atoms with van der Waals surface area (Å²) in [6.07, 6.45) is 0. The van der Waals surface area contributed by atoms with Crippen LogP contribution >= 0.6 is 0 Å². The minimum absolute atomic E-state index is 0.0483. The minimum Gasteiger partial charge on any atom is -0.384 e. The minimum atomic E-state index is -0.453. The molecule has 1 aromatic carbocycles. The van der Waals surface area contributed by atoms with Crippen molar-refractivity contribution in [1.29, 1.82) is 5.26 Å². The number of rotatable bonds is 4. The molecule has 1 fully saturated rings. The van der Waals surface area contributed by atoms with Crippen molar-refractivity contribution in [2.24, 2.45) is 5.73 Å². The first-order valence-corrected chi connectivity index (χ1v) is 6.77. The molecule has 1 heterocycles. The lowest BCUT2D eigenvalue weighted by Crippen LogP contribution is -2.40. The van der Waals surface area contributed by atoms with Crippen molar-refractivity contribution in [3.63, 3.8) is 0 Å². The Morgan fingerprint density at radius 1 is 1.33 bits per heavy atom. The lowest BCUT2D eigenvalue weighted by Gasteiger charge is -2.29. The molecule has 1 aromatic rings. The zero-order valence-electron chi connectivity index (χ0n) is 11.7. The Kier molecular flexibility index (Phi) is 5.18. The number of ether oxygens (including phenoxy) is 1. The van der Waals surface area contributed by atoms with Gasteiger partial charge in [0.1, 0.15) is 11.9 Å². The molecule has 1 saturated heterocycles. The number of nitrogens with two attached hydrogens (primary N) is 1. The number of nitriles is 1. The van der Waals surface area contributed by atoms with Crippen LogP contribution in [0.25, 0.3) is 0 Å². The average Bonchev–Trinajstić information content (AvgIpc) is 2.55. The summed E-state index contributed by atoms with van der Waals surface area (Å²) in [6, 6.07) is 11.4. The standard InChI is InChI=1S/C15H18N4O2/c16-10-13(14(17)19-6-8-21-9-7-19)15(20)18-11-12-4-2-1-3-5-12/h1-5H,6-9,11,17H2,(H,18,20)/b14-13+. The average molecular weight is 286 g/mol. The number of amides is 1. The van der Waals surface area contributed by atoms with E-state index >= 15 is 0 Å². The van der Waals surface area contributed by atoms with Crippen molar-refractivity contribution in [2.75, 3.05) is 26.3 Å². The molecule has 0 unspecified atom stereocenters. The Balaban J connectivity index is 2.02. The highest BCUT2D eigenvalue weighted by molar-refractivity contribution is 5.97. The van der Waals surface area contributed by atoms with Crippen molar-refractivity contribution in [1.82, 2.24) is 10.2 Å². The van der Waals surface area contributed by atoms with E-state index in [1.807, 2.05) is 36.4 Å². The van der Waals surface area contributed by atoms with Crippen LogP contribution in [0.3, 0.4) is 0 Å². The number of morpholine rings is 1. The van der Waals surface area contributed by atoms with Crippen LogP contribution in [0.5, 0.6) is 0 Å². The van der Waals surface area contributed by atoms with Gasteiger partial charge in [-0.3, -0.25) is 4.79 Å². The molecule has 2 rings (SSSR count). The number of hydrogen-bond acceptors (Lipinski definition) is 5. The van der Waals surface area contributed by atoms with Gasteiger partial charge in [-0.1, -0.05) is 30.3 Å². The van der Waals surface area contributed by atoms with Gasteiger partial charge in [-0.2, -0.15) is 5.26 Å². The molecule has 6 heteroatoms. The van der Waals surface area contributed by atoms with Crippen LogP contribution in [-0.4, -0.2) is 37.1 Å². The third-order valence-corrected chi connectivity index (χ3v) is 3.24. The lowest BCUT2D eigenvalue weighted by atomic mass is 10.2. The van der Waals surface area contributed by atoms with Crippen LogP contribution in [0.1, 0.15) is 5.56 Å². The van der Waals surface area contributed by atoms with Crippen LogP contribution in [0.4, 0.5) is 0 Å². The monoisotopic (exact) mass is 286 g/mol. The Labute approximate surface area is 123 Å². The fourth-order valence-electron chi connectivity index (χ4n) is 2.05. The molecule has 6 nitrogen and oxygen atoms in total. The van der Waals surface area contributed by atoms with E-state index in [2.05, 4.69) is 5.32 Å². The van der Waals surface area contributed by atoms with Gasteiger partial charge in [0.25, 0.3) is 5.91 Å². The highest BCUT2D eigenvalue weighted by Crippen LogP contribution is 2.08. The highest BCUT2D eigenvalue weighted by atomic mass is 16.5. The number of carbonyl (C=O) groups excluding carboxylic acids is 1. The first kappa shape index (κ1) is 14.9. The zero-order valence-corrected chi connectivity index (χ0v) is 11.7. The maximum absolute atomic E-state index is 12.1. The molecular formula is C15H18N4O2. The summed E-state index contributed by atoms with van der Waals surface area (Å²) in [5.74, 6) is -0.239. The van der Waals surface area contributed by atoms with Gasteiger partial charge >= 0.3 is 0 Å². The van der Waals surface area contributed by atoms with Crippen LogP contribution in [-0.2, 0) is 16.1 Å². The first-order chi connectivity index (χ1) is 10.2. The predicted octanol–water partition coefficient (Wildman–Crippen LogP) is 0.329. The molecule has 3 N–H and O–H groups in total. The van der Waals surface area contributed by atoms with Crippen LogP contribution in [0, 0.1) is 11.3 Å². The number of hydrogen-bond donors (Lipinski definition) is 2. The summed E-state index contributed by atoms with van der Waals surface area (Å²) in [4.78, 5) is 13.9. The van der Waals surface area contributed by atoms with Gasteiger partial charge in [-0.15, -0.1) is 0 Å². The number of benzene rings is 1. The van der Waals surface area contributed by atoms with Crippen LogP contribution < -0.4 is 11.1 Å². The molecule has 21 heavy (non-hydrogen) atoms. The van der Waals surface area contributed by atoms with Crippen molar-refractivity contribution in [3.05, 3.63) is 47.3 Å². The summed E-state index contributed by atoms with van der Waals surface area (Å²) in [5.41, 5.74) is 6.86. The second-order valence-electron chi connectivity index (χ2n) is 4.64. The van der Waals surface area contributed by atoms with Crippen LogP contribution in [0.2, 0.25) is 0 Å². The second kappa shape index (κ2) is 7.31. The molecule has 0 aromatic heterocycles. The van der Waals surface area contributed by atoms with Crippen molar-refractivity contribution >= 4 is 5.91 Å². The summed E-state index contributed by atoms with van der Waals surface area (Å²) < 4.78 is 5.23. The van der Waals surface area contributed by atoms with Crippen molar-refractivity contribution in [2.45, 2.75) is 6.54 Å². The van der Waals surface area contributed by atoms with Gasteiger partial charge in [-0.25, -0.2) is 0 Å². The second-order valence-corrected chi connectivity index (χ2v) is 4.64. The van der Waals surface area contributed by atoms with Gasteiger partial charge in [0.05, 0.1) is 13.2 Å². The van der Waals surface area contributed by atoms with Crippen molar-refractivity contribution < 1.29 is 9.53 Å². The third-order valence-electron chi connectivity index (χ3n) is 3.24. The van der Waals surface area contributed by atoms with Gasteiger partial charge < -0.3 is 20.7 Å². The molecule has 1 aliphatic heterocycles. The quantitative estimate of drug-likeness (QED) is 0.615. The smallest absolute Gasteiger partial charge is 0.265 e. The van der Waals surface area contributed by atoms with E-state index in [-0.39, 0.29) is 11.4 Å². The molecule has 0 radical (unpaired) electrons. The topological polar surface area (TPSA) is 91.4 Å².